The lowest BCUT2D eigenvalue weighted by atomic mass is 9.80. The fourth-order valence-corrected chi connectivity index (χ4v) is 2.58. The van der Waals surface area contributed by atoms with Gasteiger partial charge in [-0.15, -0.1) is 0 Å². The van der Waals surface area contributed by atoms with Gasteiger partial charge in [-0.25, -0.2) is 9.59 Å². The number of benzene rings is 1. The van der Waals surface area contributed by atoms with Crippen molar-refractivity contribution in [1.29, 1.82) is 0 Å². The SMILES string of the molecule is CC(NC(=O)OCc1ccccc1)(C(=O)O)C1CCOCC1. The molecule has 1 aromatic carbocycles. The molecule has 1 saturated heterocycles. The van der Waals surface area contributed by atoms with Crippen LogP contribution in [-0.2, 0) is 20.9 Å². The lowest BCUT2D eigenvalue weighted by Gasteiger charge is -2.36. The van der Waals surface area contributed by atoms with Gasteiger partial charge in [0.2, 0.25) is 0 Å². The highest BCUT2D eigenvalue weighted by molar-refractivity contribution is 5.84. The maximum atomic E-state index is 12.0. The zero-order chi connectivity index (χ0) is 16.0. The van der Waals surface area contributed by atoms with Gasteiger partial charge in [0.1, 0.15) is 12.1 Å². The molecule has 1 heterocycles. The van der Waals surface area contributed by atoms with Crippen molar-refractivity contribution in [2.24, 2.45) is 5.92 Å². The van der Waals surface area contributed by atoms with Crippen molar-refractivity contribution in [3.05, 3.63) is 35.9 Å². The average Bonchev–Trinajstić information content (AvgIpc) is 2.54. The van der Waals surface area contributed by atoms with Crippen molar-refractivity contribution < 1.29 is 24.2 Å². The summed E-state index contributed by atoms with van der Waals surface area (Å²) in [5.74, 6) is -1.24. The third kappa shape index (κ3) is 3.98. The van der Waals surface area contributed by atoms with Gasteiger partial charge in [-0.2, -0.15) is 0 Å². The topological polar surface area (TPSA) is 84.9 Å². The van der Waals surface area contributed by atoms with E-state index >= 15 is 0 Å². The largest absolute Gasteiger partial charge is 0.480 e. The van der Waals surface area contributed by atoms with Crippen molar-refractivity contribution in [2.75, 3.05) is 13.2 Å². The van der Waals surface area contributed by atoms with Gasteiger partial charge < -0.3 is 19.9 Å². The lowest BCUT2D eigenvalue weighted by molar-refractivity contribution is -0.148. The number of carbonyl (C=O) groups is 2. The molecule has 120 valence electrons. The van der Waals surface area contributed by atoms with Crippen LogP contribution < -0.4 is 5.32 Å². The van der Waals surface area contributed by atoms with Gasteiger partial charge in [0.05, 0.1) is 0 Å². The standard InChI is InChI=1S/C16H21NO5/c1-16(14(18)19,13-7-9-21-10-8-13)17-15(20)22-11-12-5-3-2-4-6-12/h2-6,13H,7-11H2,1H3,(H,17,20)(H,18,19). The first-order valence-electron chi connectivity index (χ1n) is 7.32. The maximum absolute atomic E-state index is 12.0. The fourth-order valence-electron chi connectivity index (χ4n) is 2.58. The Kier molecular flexibility index (Phi) is 5.38. The van der Waals surface area contributed by atoms with Gasteiger partial charge >= 0.3 is 12.1 Å². The molecule has 1 amide bonds. The Hall–Kier alpha value is -2.08. The Bertz CT molecular complexity index is 513. The van der Waals surface area contributed by atoms with Crippen LogP contribution in [0.5, 0.6) is 0 Å². The molecule has 6 nitrogen and oxygen atoms in total. The molecule has 1 fully saturated rings. The number of alkyl carbamates (subject to hydrolysis) is 1. The van der Waals surface area contributed by atoms with E-state index in [0.717, 1.165) is 5.56 Å². The third-order valence-corrected chi connectivity index (χ3v) is 4.06. The second-order valence-electron chi connectivity index (χ2n) is 5.58. The van der Waals surface area contributed by atoms with Crippen molar-refractivity contribution in [1.82, 2.24) is 5.32 Å². The van der Waals surface area contributed by atoms with E-state index in [0.29, 0.717) is 26.1 Å². The van der Waals surface area contributed by atoms with Crippen LogP contribution in [-0.4, -0.2) is 35.9 Å². The van der Waals surface area contributed by atoms with E-state index in [1.54, 1.807) is 0 Å². The fraction of sp³-hybridized carbons (Fsp3) is 0.500. The zero-order valence-electron chi connectivity index (χ0n) is 12.6. The number of nitrogens with one attached hydrogen (secondary N) is 1. The minimum atomic E-state index is -1.35. The molecule has 0 aromatic heterocycles. The molecule has 0 bridgehead atoms. The monoisotopic (exact) mass is 307 g/mol. The molecule has 6 heteroatoms. The molecule has 1 aromatic rings. The lowest BCUT2D eigenvalue weighted by Crippen LogP contribution is -2.58. The van der Waals surface area contributed by atoms with E-state index in [1.165, 1.54) is 6.92 Å². The summed E-state index contributed by atoms with van der Waals surface area (Å²) in [5.41, 5.74) is -0.502. The quantitative estimate of drug-likeness (QED) is 0.871. The molecular weight excluding hydrogens is 286 g/mol. The predicted octanol–water partition coefficient (Wildman–Crippen LogP) is 2.18. The van der Waals surface area contributed by atoms with Gasteiger partial charge in [-0.3, -0.25) is 0 Å². The Labute approximate surface area is 129 Å². The summed E-state index contributed by atoms with van der Waals surface area (Å²) in [6, 6.07) is 9.24. The number of rotatable bonds is 5. The Morgan fingerprint density at radius 2 is 1.95 bits per heavy atom. The highest BCUT2D eigenvalue weighted by Crippen LogP contribution is 2.28. The van der Waals surface area contributed by atoms with Crippen LogP contribution in [0.1, 0.15) is 25.3 Å². The zero-order valence-corrected chi connectivity index (χ0v) is 12.6. The summed E-state index contributed by atoms with van der Waals surface area (Å²) >= 11 is 0. The van der Waals surface area contributed by atoms with Crippen LogP contribution in [0.25, 0.3) is 0 Å². The third-order valence-electron chi connectivity index (χ3n) is 4.06. The van der Waals surface area contributed by atoms with Gasteiger partial charge in [0, 0.05) is 13.2 Å². The highest BCUT2D eigenvalue weighted by atomic mass is 16.5. The van der Waals surface area contributed by atoms with E-state index in [1.807, 2.05) is 30.3 Å². The summed E-state index contributed by atoms with van der Waals surface area (Å²) in [5, 5.41) is 12.0. The minimum absolute atomic E-state index is 0.107. The molecule has 22 heavy (non-hydrogen) atoms. The average molecular weight is 307 g/mol. The number of hydrogen-bond acceptors (Lipinski definition) is 4. The molecule has 2 N–H and O–H groups in total. The Morgan fingerprint density at radius 1 is 1.32 bits per heavy atom. The van der Waals surface area contributed by atoms with E-state index in [9.17, 15) is 14.7 Å². The number of carboxylic acid groups (broad SMARTS) is 1. The van der Waals surface area contributed by atoms with E-state index in [2.05, 4.69) is 5.32 Å². The summed E-state index contributed by atoms with van der Waals surface area (Å²) in [7, 11) is 0. The number of amides is 1. The van der Waals surface area contributed by atoms with Crippen molar-refractivity contribution >= 4 is 12.1 Å². The van der Waals surface area contributed by atoms with Crippen LogP contribution in [0, 0.1) is 5.92 Å². The maximum Gasteiger partial charge on any atom is 0.408 e. The van der Waals surface area contributed by atoms with E-state index in [-0.39, 0.29) is 12.5 Å². The Balaban J connectivity index is 1.95. The number of aliphatic carboxylic acids is 1. The predicted molar refractivity (Wildman–Crippen MR) is 79.3 cm³/mol. The van der Waals surface area contributed by atoms with Gasteiger partial charge in [0.25, 0.3) is 0 Å². The molecule has 0 radical (unpaired) electrons. The van der Waals surface area contributed by atoms with E-state index < -0.39 is 17.6 Å². The second-order valence-corrected chi connectivity index (χ2v) is 5.58. The summed E-state index contributed by atoms with van der Waals surface area (Å²) in [6.07, 6.45) is 0.476. The van der Waals surface area contributed by atoms with Crippen LogP contribution >= 0.6 is 0 Å². The molecule has 0 saturated carbocycles. The summed E-state index contributed by atoms with van der Waals surface area (Å²) in [6.45, 7) is 2.65. The number of carbonyl (C=O) groups excluding carboxylic acids is 1. The molecule has 1 unspecified atom stereocenters. The van der Waals surface area contributed by atoms with Crippen LogP contribution in [0.15, 0.2) is 30.3 Å². The molecule has 2 rings (SSSR count). The van der Waals surface area contributed by atoms with Gasteiger partial charge in [-0.05, 0) is 31.2 Å². The van der Waals surface area contributed by atoms with Crippen molar-refractivity contribution in [3.8, 4) is 0 Å². The number of carboxylic acids is 1. The summed E-state index contributed by atoms with van der Waals surface area (Å²) in [4.78, 5) is 23.6. The highest BCUT2D eigenvalue weighted by Gasteiger charge is 2.43. The van der Waals surface area contributed by atoms with Gasteiger partial charge in [0.15, 0.2) is 0 Å². The number of hydrogen-bond donors (Lipinski definition) is 2. The smallest absolute Gasteiger partial charge is 0.408 e. The first-order chi connectivity index (χ1) is 10.5. The van der Waals surface area contributed by atoms with Crippen LogP contribution in [0.3, 0.4) is 0 Å². The van der Waals surface area contributed by atoms with Crippen molar-refractivity contribution in [3.63, 3.8) is 0 Å². The van der Waals surface area contributed by atoms with Gasteiger partial charge in [-0.1, -0.05) is 30.3 Å². The van der Waals surface area contributed by atoms with Crippen LogP contribution in [0.2, 0.25) is 0 Å². The van der Waals surface area contributed by atoms with Crippen molar-refractivity contribution in [2.45, 2.75) is 31.9 Å². The molecule has 0 aliphatic carbocycles. The number of ether oxygens (including phenoxy) is 2. The molecule has 1 aliphatic rings. The second kappa shape index (κ2) is 7.26. The first kappa shape index (κ1) is 16.3. The molecule has 1 aliphatic heterocycles. The summed E-state index contributed by atoms with van der Waals surface area (Å²) < 4.78 is 10.4. The molecule has 1 atom stereocenters. The molecular formula is C16H21NO5. The normalized spacial score (nSPS) is 18.2. The minimum Gasteiger partial charge on any atom is -0.480 e. The first-order valence-corrected chi connectivity index (χ1v) is 7.32. The van der Waals surface area contributed by atoms with E-state index in [4.69, 9.17) is 9.47 Å². The molecule has 0 spiro atoms. The Morgan fingerprint density at radius 3 is 2.55 bits per heavy atom. The van der Waals surface area contributed by atoms with Crippen LogP contribution in [0.4, 0.5) is 4.79 Å².